The normalized spacial score (nSPS) is 12.4. The first-order valence-corrected chi connectivity index (χ1v) is 8.23. The number of guanidine groups is 1. The zero-order valence-corrected chi connectivity index (χ0v) is 18.0. The van der Waals surface area contributed by atoms with E-state index in [1.807, 2.05) is 14.0 Å². The van der Waals surface area contributed by atoms with Gasteiger partial charge in [-0.15, -0.1) is 24.0 Å². The van der Waals surface area contributed by atoms with Crippen molar-refractivity contribution in [1.82, 2.24) is 20.4 Å². The van der Waals surface area contributed by atoms with Crippen LogP contribution in [0.3, 0.4) is 0 Å². The molecular weight excluding hydrogens is 450 g/mol. The predicted molar refractivity (Wildman–Crippen MR) is 107 cm³/mol. The van der Waals surface area contributed by atoms with Gasteiger partial charge in [-0.2, -0.15) is 13.2 Å². The first-order valence-electron chi connectivity index (χ1n) is 8.23. The van der Waals surface area contributed by atoms with E-state index in [-0.39, 0.29) is 24.0 Å². The Hall–Kier alpha value is -0.330. The van der Waals surface area contributed by atoms with E-state index >= 15 is 0 Å². The molecule has 2 N–H and O–H groups in total. The second-order valence-electron chi connectivity index (χ2n) is 5.69. The van der Waals surface area contributed by atoms with Gasteiger partial charge in [0.25, 0.3) is 0 Å². The highest BCUT2D eigenvalue weighted by Crippen LogP contribution is 2.14. The number of alkyl halides is 3. The Bertz CT molecular complexity index is 346. The number of halogens is 4. The number of nitrogens with zero attached hydrogens (tertiary/aromatic N) is 3. The van der Waals surface area contributed by atoms with E-state index in [0.29, 0.717) is 32.1 Å². The van der Waals surface area contributed by atoms with E-state index < -0.39 is 12.7 Å². The second kappa shape index (κ2) is 15.9. The van der Waals surface area contributed by atoms with Crippen molar-refractivity contribution in [2.24, 2.45) is 4.99 Å². The fourth-order valence-corrected chi connectivity index (χ4v) is 2.02. The van der Waals surface area contributed by atoms with Crippen LogP contribution in [0.4, 0.5) is 13.2 Å². The minimum absolute atomic E-state index is 0. The molecule has 0 unspecified atom stereocenters. The molecule has 0 fully saturated rings. The number of rotatable bonds is 12. The number of nitrogens with one attached hydrogen (secondary N) is 2. The van der Waals surface area contributed by atoms with Crippen LogP contribution in [0.1, 0.15) is 13.3 Å². The third-order valence-electron chi connectivity index (χ3n) is 3.22. The van der Waals surface area contributed by atoms with Crippen molar-refractivity contribution < 1.29 is 17.9 Å². The van der Waals surface area contributed by atoms with Crippen molar-refractivity contribution in [2.45, 2.75) is 19.5 Å². The van der Waals surface area contributed by atoms with Crippen molar-refractivity contribution in [2.75, 3.05) is 73.6 Å². The maximum absolute atomic E-state index is 12.3. The van der Waals surface area contributed by atoms with Gasteiger partial charge < -0.3 is 20.3 Å². The van der Waals surface area contributed by atoms with Gasteiger partial charge in [0.05, 0.1) is 13.1 Å². The summed E-state index contributed by atoms with van der Waals surface area (Å²) >= 11 is 0. The number of ether oxygens (including phenoxy) is 1. The van der Waals surface area contributed by atoms with Crippen LogP contribution in [0.5, 0.6) is 0 Å². The summed E-state index contributed by atoms with van der Waals surface area (Å²) in [6.07, 6.45) is -3.19. The molecule has 0 radical (unpaired) electrons. The van der Waals surface area contributed by atoms with Crippen LogP contribution >= 0.6 is 24.0 Å². The van der Waals surface area contributed by atoms with Crippen LogP contribution in [0.2, 0.25) is 0 Å². The fourth-order valence-electron chi connectivity index (χ4n) is 2.02. The van der Waals surface area contributed by atoms with Gasteiger partial charge in [0, 0.05) is 46.4 Å². The molecule has 0 saturated carbocycles. The smallest absolute Gasteiger partial charge is 0.385 e. The summed E-state index contributed by atoms with van der Waals surface area (Å²) < 4.78 is 41.8. The number of likely N-dealkylation sites (N-methyl/N-ethyl adjacent to an activating group) is 2. The van der Waals surface area contributed by atoms with E-state index in [2.05, 4.69) is 20.5 Å². The summed E-state index contributed by atoms with van der Waals surface area (Å²) in [5.74, 6) is 0.628. The van der Waals surface area contributed by atoms with Crippen molar-refractivity contribution >= 4 is 29.9 Å². The minimum Gasteiger partial charge on any atom is -0.385 e. The number of aliphatic imine (C=N–C) groups is 1. The molecule has 0 heterocycles. The lowest BCUT2D eigenvalue weighted by molar-refractivity contribution is -0.142. The van der Waals surface area contributed by atoms with Gasteiger partial charge in [-0.3, -0.25) is 9.89 Å². The Morgan fingerprint density at radius 1 is 1.08 bits per heavy atom. The average molecular weight is 483 g/mol. The summed E-state index contributed by atoms with van der Waals surface area (Å²) in [4.78, 5) is 7.84. The Labute approximate surface area is 166 Å². The van der Waals surface area contributed by atoms with Gasteiger partial charge in [0.1, 0.15) is 0 Å². The van der Waals surface area contributed by atoms with Crippen LogP contribution < -0.4 is 10.6 Å². The molecule has 0 atom stereocenters. The Morgan fingerprint density at radius 3 is 2.32 bits per heavy atom. The van der Waals surface area contributed by atoms with Crippen molar-refractivity contribution in [3.8, 4) is 0 Å². The lowest BCUT2D eigenvalue weighted by Crippen LogP contribution is -2.42. The van der Waals surface area contributed by atoms with Gasteiger partial charge in [-0.05, 0) is 27.4 Å². The maximum atomic E-state index is 12.3. The van der Waals surface area contributed by atoms with Gasteiger partial charge in [-0.25, -0.2) is 0 Å². The molecule has 0 aliphatic rings. The molecule has 25 heavy (non-hydrogen) atoms. The monoisotopic (exact) mass is 483 g/mol. The summed E-state index contributed by atoms with van der Waals surface area (Å²) in [5.41, 5.74) is 0. The highest BCUT2D eigenvalue weighted by molar-refractivity contribution is 14.0. The molecule has 0 saturated heterocycles. The minimum atomic E-state index is -4.17. The van der Waals surface area contributed by atoms with Crippen LogP contribution in [0.15, 0.2) is 4.99 Å². The van der Waals surface area contributed by atoms with Gasteiger partial charge in [-0.1, -0.05) is 0 Å². The molecule has 0 bridgehead atoms. The molecule has 0 aromatic heterocycles. The largest absolute Gasteiger partial charge is 0.401 e. The highest BCUT2D eigenvalue weighted by Gasteiger charge is 2.28. The van der Waals surface area contributed by atoms with Gasteiger partial charge in [0.15, 0.2) is 5.96 Å². The van der Waals surface area contributed by atoms with Crippen molar-refractivity contribution in [3.05, 3.63) is 0 Å². The third kappa shape index (κ3) is 18.3. The summed E-state index contributed by atoms with van der Waals surface area (Å²) in [6.45, 7) is 5.56. The Morgan fingerprint density at radius 2 is 1.76 bits per heavy atom. The topological polar surface area (TPSA) is 52.1 Å². The zero-order chi connectivity index (χ0) is 18.4. The van der Waals surface area contributed by atoms with Crippen LogP contribution in [0.25, 0.3) is 0 Å². The lowest BCUT2D eigenvalue weighted by atomic mass is 10.4. The molecule has 10 heteroatoms. The standard InChI is InChI=1S/C15H32F3N5O.HI/c1-5-19-14(20-7-10-22(2)9-6-12-24-4)21-8-11-23(3)13-15(16,17)18;/h5-13H2,1-4H3,(H2,19,20,21);1H. The molecule has 0 amide bonds. The lowest BCUT2D eigenvalue weighted by Gasteiger charge is -2.20. The van der Waals surface area contributed by atoms with Crippen molar-refractivity contribution in [1.29, 1.82) is 0 Å². The molecular formula is C15H33F3IN5O. The van der Waals surface area contributed by atoms with E-state index in [1.165, 1.54) is 11.9 Å². The molecule has 0 aliphatic carbocycles. The predicted octanol–water partition coefficient (Wildman–Crippen LogP) is 1.62. The van der Waals surface area contributed by atoms with Crippen LogP contribution in [0, 0.1) is 0 Å². The van der Waals surface area contributed by atoms with Crippen LogP contribution in [-0.4, -0.2) is 95.6 Å². The molecule has 0 aliphatic heterocycles. The van der Waals surface area contributed by atoms with E-state index in [4.69, 9.17) is 4.74 Å². The molecule has 0 aromatic carbocycles. The van der Waals surface area contributed by atoms with Gasteiger partial charge >= 0.3 is 6.18 Å². The average Bonchev–Trinajstić information content (AvgIpc) is 2.45. The molecule has 0 rings (SSSR count). The number of hydrogen-bond donors (Lipinski definition) is 2. The molecule has 6 nitrogen and oxygen atoms in total. The van der Waals surface area contributed by atoms with E-state index in [0.717, 1.165) is 26.1 Å². The summed E-state index contributed by atoms with van der Waals surface area (Å²) in [5, 5.41) is 6.14. The Kier molecular flexibility index (Phi) is 17.1. The fraction of sp³-hybridized carbons (Fsp3) is 0.933. The quantitative estimate of drug-likeness (QED) is 0.191. The van der Waals surface area contributed by atoms with E-state index in [9.17, 15) is 13.2 Å². The molecule has 0 aromatic rings. The van der Waals surface area contributed by atoms with Crippen molar-refractivity contribution in [3.63, 3.8) is 0 Å². The highest BCUT2D eigenvalue weighted by atomic mass is 127. The van der Waals surface area contributed by atoms with Gasteiger partial charge in [0.2, 0.25) is 0 Å². The Balaban J connectivity index is 0. The third-order valence-corrected chi connectivity index (χ3v) is 3.22. The second-order valence-corrected chi connectivity index (χ2v) is 5.69. The number of hydrogen-bond acceptors (Lipinski definition) is 4. The molecule has 152 valence electrons. The zero-order valence-electron chi connectivity index (χ0n) is 15.7. The van der Waals surface area contributed by atoms with E-state index in [1.54, 1.807) is 7.11 Å². The molecule has 0 spiro atoms. The first kappa shape index (κ1) is 26.9. The number of methoxy groups -OCH3 is 1. The summed E-state index contributed by atoms with van der Waals surface area (Å²) in [7, 11) is 5.16. The van der Waals surface area contributed by atoms with Crippen LogP contribution in [-0.2, 0) is 4.74 Å². The first-order chi connectivity index (χ1) is 11.3. The maximum Gasteiger partial charge on any atom is 0.401 e. The SMILES string of the molecule is CCNC(=NCCN(C)CCCOC)NCCN(C)CC(F)(F)F.I. The summed E-state index contributed by atoms with van der Waals surface area (Å²) in [6, 6.07) is 0.